The number of halogens is 1. The molecule has 128 valence electrons. The van der Waals surface area contributed by atoms with Crippen LogP contribution >= 0.6 is 11.6 Å². The topological polar surface area (TPSA) is 75.4 Å². The van der Waals surface area contributed by atoms with Crippen LogP contribution in [-0.4, -0.2) is 35.3 Å². The van der Waals surface area contributed by atoms with Crippen LogP contribution in [0.5, 0.6) is 0 Å². The van der Waals surface area contributed by atoms with Crippen molar-refractivity contribution in [2.45, 2.75) is 24.9 Å². The second-order valence-electron chi connectivity index (χ2n) is 6.56. The molecule has 2 aliphatic rings. The number of benzene rings is 2. The number of nitrogens with zero attached hydrogens (tertiary/aromatic N) is 1. The first kappa shape index (κ1) is 16.1. The molecule has 0 bridgehead atoms. The SMILES string of the molecule is N[C@H]1CCN2C(=O)c3cc(-c4ccc(Cl)cc4)ccc3NC(=O)[C@@H]2C1. The highest BCUT2D eigenvalue weighted by Gasteiger charge is 2.38. The Kier molecular flexibility index (Phi) is 3.98. The van der Waals surface area contributed by atoms with E-state index in [9.17, 15) is 9.59 Å². The van der Waals surface area contributed by atoms with Crippen LogP contribution in [0, 0.1) is 0 Å². The molecule has 4 rings (SSSR count). The molecule has 0 spiro atoms. The molecule has 2 heterocycles. The van der Waals surface area contributed by atoms with Crippen LogP contribution < -0.4 is 11.1 Å². The van der Waals surface area contributed by atoms with Crippen molar-refractivity contribution < 1.29 is 9.59 Å². The summed E-state index contributed by atoms with van der Waals surface area (Å²) in [7, 11) is 0. The summed E-state index contributed by atoms with van der Waals surface area (Å²) in [4.78, 5) is 27.2. The highest BCUT2D eigenvalue weighted by Crippen LogP contribution is 2.31. The zero-order chi connectivity index (χ0) is 17.6. The minimum absolute atomic E-state index is 0.0503. The molecule has 6 heteroatoms. The average Bonchev–Trinajstić information content (AvgIpc) is 2.71. The smallest absolute Gasteiger partial charge is 0.256 e. The highest BCUT2D eigenvalue weighted by molar-refractivity contribution is 6.30. The van der Waals surface area contributed by atoms with E-state index in [-0.39, 0.29) is 17.9 Å². The molecular weight excluding hydrogens is 338 g/mol. The molecule has 25 heavy (non-hydrogen) atoms. The minimum Gasteiger partial charge on any atom is -0.328 e. The first-order valence-electron chi connectivity index (χ1n) is 8.30. The summed E-state index contributed by atoms with van der Waals surface area (Å²) in [6.07, 6.45) is 1.21. The Hall–Kier alpha value is -2.37. The fourth-order valence-corrected chi connectivity index (χ4v) is 3.63. The van der Waals surface area contributed by atoms with Crippen molar-refractivity contribution in [3.05, 3.63) is 53.1 Å². The lowest BCUT2D eigenvalue weighted by Gasteiger charge is -2.35. The summed E-state index contributed by atoms with van der Waals surface area (Å²) in [6, 6.07) is 12.4. The van der Waals surface area contributed by atoms with Gasteiger partial charge in [-0.05, 0) is 48.2 Å². The largest absolute Gasteiger partial charge is 0.328 e. The van der Waals surface area contributed by atoms with Crippen LogP contribution in [-0.2, 0) is 4.79 Å². The molecule has 2 aliphatic heterocycles. The molecule has 5 nitrogen and oxygen atoms in total. The van der Waals surface area contributed by atoms with E-state index >= 15 is 0 Å². The Morgan fingerprint density at radius 1 is 1.08 bits per heavy atom. The number of fused-ring (bicyclic) bond motifs is 2. The second-order valence-corrected chi connectivity index (χ2v) is 6.99. The Morgan fingerprint density at radius 3 is 2.56 bits per heavy atom. The molecular formula is C19H18ClN3O2. The predicted octanol–water partition coefficient (Wildman–Crippen LogP) is 2.89. The third-order valence-corrected chi connectivity index (χ3v) is 5.14. The fourth-order valence-electron chi connectivity index (χ4n) is 3.51. The van der Waals surface area contributed by atoms with E-state index < -0.39 is 6.04 Å². The summed E-state index contributed by atoms with van der Waals surface area (Å²) in [5, 5.41) is 3.54. The van der Waals surface area contributed by atoms with Gasteiger partial charge in [0, 0.05) is 17.6 Å². The molecule has 1 fully saturated rings. The maximum Gasteiger partial charge on any atom is 0.256 e. The van der Waals surface area contributed by atoms with Crippen molar-refractivity contribution in [1.29, 1.82) is 0 Å². The molecule has 3 N–H and O–H groups in total. The lowest BCUT2D eigenvalue weighted by molar-refractivity contribution is -0.121. The zero-order valence-corrected chi connectivity index (χ0v) is 14.3. The maximum atomic E-state index is 13.0. The number of rotatable bonds is 1. The second kappa shape index (κ2) is 6.17. The average molecular weight is 356 g/mol. The van der Waals surface area contributed by atoms with Gasteiger partial charge in [-0.2, -0.15) is 0 Å². The molecule has 0 aliphatic carbocycles. The summed E-state index contributed by atoms with van der Waals surface area (Å²) in [6.45, 7) is 0.503. The quantitative estimate of drug-likeness (QED) is 0.825. The van der Waals surface area contributed by atoms with Crippen LogP contribution in [0.3, 0.4) is 0 Å². The third kappa shape index (κ3) is 2.90. The summed E-state index contributed by atoms with van der Waals surface area (Å²) >= 11 is 5.94. The van der Waals surface area contributed by atoms with Crippen LogP contribution in [0.15, 0.2) is 42.5 Å². The monoisotopic (exact) mass is 355 g/mol. The molecule has 0 saturated carbocycles. The first-order valence-corrected chi connectivity index (χ1v) is 8.68. The predicted molar refractivity (Wildman–Crippen MR) is 97.6 cm³/mol. The van der Waals surface area contributed by atoms with Gasteiger partial charge < -0.3 is 16.0 Å². The first-order chi connectivity index (χ1) is 12.0. The van der Waals surface area contributed by atoms with Gasteiger partial charge >= 0.3 is 0 Å². The van der Waals surface area contributed by atoms with Crippen molar-refractivity contribution in [3.8, 4) is 11.1 Å². The lowest BCUT2D eigenvalue weighted by atomic mass is 9.96. The van der Waals surface area contributed by atoms with E-state index in [1.165, 1.54) is 0 Å². The Labute approximate surface area is 150 Å². The number of piperidine rings is 1. The molecule has 2 amide bonds. The van der Waals surface area contributed by atoms with E-state index in [4.69, 9.17) is 17.3 Å². The molecule has 2 aromatic carbocycles. The molecule has 0 aromatic heterocycles. The Bertz CT molecular complexity index is 850. The lowest BCUT2D eigenvalue weighted by Crippen LogP contribution is -2.53. The molecule has 0 unspecified atom stereocenters. The van der Waals surface area contributed by atoms with E-state index in [0.29, 0.717) is 35.7 Å². The summed E-state index contributed by atoms with van der Waals surface area (Å²) < 4.78 is 0. The van der Waals surface area contributed by atoms with E-state index in [0.717, 1.165) is 11.1 Å². The molecule has 1 saturated heterocycles. The number of carbonyl (C=O) groups is 2. The van der Waals surface area contributed by atoms with Gasteiger partial charge in [0.15, 0.2) is 0 Å². The van der Waals surface area contributed by atoms with Crippen molar-refractivity contribution in [1.82, 2.24) is 4.90 Å². The molecule has 2 atom stereocenters. The van der Waals surface area contributed by atoms with Crippen molar-refractivity contribution >= 4 is 29.1 Å². The third-order valence-electron chi connectivity index (χ3n) is 4.89. The number of anilines is 1. The highest BCUT2D eigenvalue weighted by atomic mass is 35.5. The zero-order valence-electron chi connectivity index (χ0n) is 13.5. The van der Waals surface area contributed by atoms with Gasteiger partial charge in [-0.1, -0.05) is 29.8 Å². The van der Waals surface area contributed by atoms with Crippen LogP contribution in [0.25, 0.3) is 11.1 Å². The van der Waals surface area contributed by atoms with Crippen LogP contribution in [0.2, 0.25) is 5.02 Å². The van der Waals surface area contributed by atoms with E-state index in [2.05, 4.69) is 5.32 Å². The van der Waals surface area contributed by atoms with Gasteiger partial charge in [-0.15, -0.1) is 0 Å². The molecule has 2 aromatic rings. The molecule has 0 radical (unpaired) electrons. The van der Waals surface area contributed by atoms with Crippen molar-refractivity contribution in [2.24, 2.45) is 5.73 Å². The Morgan fingerprint density at radius 2 is 1.80 bits per heavy atom. The van der Waals surface area contributed by atoms with Crippen LogP contribution in [0.4, 0.5) is 5.69 Å². The van der Waals surface area contributed by atoms with E-state index in [1.54, 1.807) is 11.0 Å². The van der Waals surface area contributed by atoms with Crippen molar-refractivity contribution in [2.75, 3.05) is 11.9 Å². The number of hydrogen-bond donors (Lipinski definition) is 2. The van der Waals surface area contributed by atoms with Gasteiger partial charge in [0.1, 0.15) is 6.04 Å². The number of carbonyl (C=O) groups excluding carboxylic acids is 2. The van der Waals surface area contributed by atoms with Gasteiger partial charge in [-0.3, -0.25) is 9.59 Å². The Balaban J connectivity index is 1.75. The summed E-state index contributed by atoms with van der Waals surface area (Å²) in [5.41, 5.74) is 8.93. The fraction of sp³-hybridized carbons (Fsp3) is 0.263. The van der Waals surface area contributed by atoms with Crippen molar-refractivity contribution in [3.63, 3.8) is 0 Å². The maximum absolute atomic E-state index is 13.0. The minimum atomic E-state index is -0.498. The summed E-state index contributed by atoms with van der Waals surface area (Å²) in [5.74, 6) is -0.289. The van der Waals surface area contributed by atoms with Gasteiger partial charge in [0.2, 0.25) is 5.91 Å². The normalized spacial score (nSPS) is 22.7. The van der Waals surface area contributed by atoms with Gasteiger partial charge in [-0.25, -0.2) is 0 Å². The number of nitrogens with one attached hydrogen (secondary N) is 1. The van der Waals surface area contributed by atoms with Gasteiger partial charge in [0.25, 0.3) is 5.91 Å². The van der Waals surface area contributed by atoms with Gasteiger partial charge in [0.05, 0.1) is 11.3 Å². The van der Waals surface area contributed by atoms with Crippen LogP contribution in [0.1, 0.15) is 23.2 Å². The van der Waals surface area contributed by atoms with E-state index in [1.807, 2.05) is 36.4 Å². The standard InChI is InChI=1S/C19H18ClN3O2/c20-13-4-1-11(2-5-13)12-3-6-16-15(9-12)19(25)23-8-7-14(21)10-17(23)18(24)22-16/h1-6,9,14,17H,7-8,10,21H2,(H,22,24)/t14-,17-/m0/s1. The number of hydrogen-bond acceptors (Lipinski definition) is 3. The number of amides is 2. The number of nitrogens with two attached hydrogens (primary N) is 1.